The van der Waals surface area contributed by atoms with Crippen molar-refractivity contribution in [1.82, 2.24) is 14.9 Å². The summed E-state index contributed by atoms with van der Waals surface area (Å²) >= 11 is 0. The molecule has 5 rings (SSSR count). The third kappa shape index (κ3) is 4.84. The second-order valence-corrected chi connectivity index (χ2v) is 9.45. The van der Waals surface area contributed by atoms with Crippen molar-refractivity contribution in [3.63, 3.8) is 0 Å². The van der Waals surface area contributed by atoms with Gasteiger partial charge in [0, 0.05) is 19.5 Å². The smallest absolute Gasteiger partial charge is 0.296 e. The number of β-lactam (4-membered cyclic amide) rings is 1. The van der Waals surface area contributed by atoms with E-state index in [0.29, 0.717) is 36.6 Å². The van der Waals surface area contributed by atoms with Crippen LogP contribution < -0.4 is 20.5 Å². The molecule has 3 heterocycles. The number of nitrogens with one attached hydrogen (secondary N) is 1. The summed E-state index contributed by atoms with van der Waals surface area (Å²) in [6.07, 6.45) is 0.394. The molecule has 0 atom stereocenters. The topological polar surface area (TPSA) is 103 Å². The van der Waals surface area contributed by atoms with Crippen LogP contribution in [0.5, 0.6) is 5.75 Å². The number of carbonyl (C=O) groups is 2. The van der Waals surface area contributed by atoms with Gasteiger partial charge in [0.2, 0.25) is 11.7 Å². The Hall–Kier alpha value is -4.05. The minimum Gasteiger partial charge on any atom is -0.481 e. The van der Waals surface area contributed by atoms with Crippen LogP contribution in [0.25, 0.3) is 0 Å². The van der Waals surface area contributed by atoms with Crippen molar-refractivity contribution in [3.05, 3.63) is 87.3 Å². The van der Waals surface area contributed by atoms with Crippen LogP contribution in [-0.2, 0) is 34.8 Å². The van der Waals surface area contributed by atoms with E-state index in [9.17, 15) is 18.8 Å². The van der Waals surface area contributed by atoms with Crippen LogP contribution in [0.4, 0.5) is 10.1 Å². The molecular formula is C27H27FN4O5. The summed E-state index contributed by atoms with van der Waals surface area (Å²) in [4.78, 5) is 44.8. The minimum atomic E-state index is -0.883. The Balaban J connectivity index is 1.47. The third-order valence-electron chi connectivity index (χ3n) is 6.51. The number of ether oxygens (including phenoxy) is 2. The van der Waals surface area contributed by atoms with Crippen LogP contribution in [0, 0.1) is 5.82 Å². The largest absolute Gasteiger partial charge is 0.481 e. The fourth-order valence-electron chi connectivity index (χ4n) is 4.44. The first-order chi connectivity index (χ1) is 17.7. The number of fused-ring (bicyclic) bond motifs is 1. The Bertz CT molecular complexity index is 1420. The third-order valence-corrected chi connectivity index (χ3v) is 6.51. The molecule has 2 aromatic carbocycles. The average molecular weight is 507 g/mol. The fraction of sp³-hybridized carbons (Fsp3) is 0.333. The zero-order valence-corrected chi connectivity index (χ0v) is 20.6. The lowest BCUT2D eigenvalue weighted by atomic mass is 10.1. The first-order valence-electron chi connectivity index (χ1n) is 12.1. The Labute approximate surface area is 212 Å². The van der Waals surface area contributed by atoms with Crippen molar-refractivity contribution in [3.8, 4) is 5.75 Å². The molecule has 0 radical (unpaired) electrons. The number of hydrogen-bond acceptors (Lipinski definition) is 6. The van der Waals surface area contributed by atoms with Crippen LogP contribution >= 0.6 is 0 Å². The molecule has 0 bridgehead atoms. The summed E-state index contributed by atoms with van der Waals surface area (Å²) in [5.74, 6) is -1.04. The molecule has 1 saturated heterocycles. The van der Waals surface area contributed by atoms with Crippen molar-refractivity contribution in [2.45, 2.75) is 45.6 Å². The maximum absolute atomic E-state index is 13.9. The van der Waals surface area contributed by atoms with Gasteiger partial charge < -0.3 is 19.7 Å². The van der Waals surface area contributed by atoms with Gasteiger partial charge in [0.25, 0.3) is 11.5 Å². The molecule has 10 heteroatoms. The van der Waals surface area contributed by atoms with Gasteiger partial charge in [0.05, 0.1) is 18.8 Å². The van der Waals surface area contributed by atoms with Crippen molar-refractivity contribution >= 4 is 17.5 Å². The highest BCUT2D eigenvalue weighted by atomic mass is 19.1. The number of anilines is 1. The second-order valence-electron chi connectivity index (χ2n) is 9.45. The molecule has 1 fully saturated rings. The molecule has 0 aliphatic carbocycles. The van der Waals surface area contributed by atoms with Crippen LogP contribution in [0.3, 0.4) is 0 Å². The number of amides is 2. The Kier molecular flexibility index (Phi) is 6.51. The van der Waals surface area contributed by atoms with E-state index in [1.807, 2.05) is 30.3 Å². The molecule has 192 valence electrons. The molecule has 1 aromatic heterocycles. The average Bonchev–Trinajstić information content (AvgIpc) is 2.87. The number of halogens is 1. The second kappa shape index (κ2) is 9.78. The maximum Gasteiger partial charge on any atom is 0.296 e. The SMILES string of the molecule is CC1(C)OCCn2c1nc(C(=O)NCc1ccc(F)cc1N1CCC1=O)c(OCc1ccccc1)c2=O. The molecule has 2 aliphatic heterocycles. The highest BCUT2D eigenvalue weighted by Gasteiger charge is 2.35. The van der Waals surface area contributed by atoms with Gasteiger partial charge in [-0.25, -0.2) is 9.37 Å². The van der Waals surface area contributed by atoms with E-state index < -0.39 is 22.9 Å². The molecule has 0 saturated carbocycles. The fourth-order valence-corrected chi connectivity index (χ4v) is 4.44. The lowest BCUT2D eigenvalue weighted by molar-refractivity contribution is -0.122. The van der Waals surface area contributed by atoms with E-state index in [0.717, 1.165) is 5.56 Å². The normalized spacial score (nSPS) is 16.1. The van der Waals surface area contributed by atoms with Crippen LogP contribution in [-0.4, -0.2) is 34.5 Å². The van der Waals surface area contributed by atoms with E-state index in [-0.39, 0.29) is 37.0 Å². The molecule has 2 amide bonds. The van der Waals surface area contributed by atoms with Gasteiger partial charge in [-0.15, -0.1) is 0 Å². The van der Waals surface area contributed by atoms with Crippen LogP contribution in [0.1, 0.15) is 47.7 Å². The summed E-state index contributed by atoms with van der Waals surface area (Å²) in [5, 5.41) is 2.76. The summed E-state index contributed by atoms with van der Waals surface area (Å²) in [5.41, 5.74) is 0.296. The Morgan fingerprint density at radius 1 is 1.16 bits per heavy atom. The van der Waals surface area contributed by atoms with E-state index in [1.54, 1.807) is 13.8 Å². The quantitative estimate of drug-likeness (QED) is 0.495. The van der Waals surface area contributed by atoms with Gasteiger partial charge in [-0.2, -0.15) is 0 Å². The molecule has 1 N–H and O–H groups in total. The summed E-state index contributed by atoms with van der Waals surface area (Å²) in [6.45, 7) is 4.74. The number of aromatic nitrogens is 2. The molecule has 0 spiro atoms. The molecule has 37 heavy (non-hydrogen) atoms. The zero-order valence-electron chi connectivity index (χ0n) is 20.6. The summed E-state index contributed by atoms with van der Waals surface area (Å²) < 4.78 is 27.1. The van der Waals surface area contributed by atoms with Gasteiger partial charge in [-0.3, -0.25) is 19.0 Å². The van der Waals surface area contributed by atoms with Gasteiger partial charge in [-0.05, 0) is 37.1 Å². The molecule has 3 aromatic rings. The maximum atomic E-state index is 13.9. The van der Waals surface area contributed by atoms with Crippen molar-refractivity contribution < 1.29 is 23.5 Å². The van der Waals surface area contributed by atoms with Crippen molar-refractivity contribution in [2.75, 3.05) is 18.1 Å². The Morgan fingerprint density at radius 3 is 2.65 bits per heavy atom. The van der Waals surface area contributed by atoms with Gasteiger partial charge >= 0.3 is 0 Å². The first-order valence-corrected chi connectivity index (χ1v) is 12.1. The molecule has 9 nitrogen and oxygen atoms in total. The first kappa shape index (κ1) is 24.6. The van der Waals surface area contributed by atoms with Gasteiger partial charge in [0.15, 0.2) is 5.69 Å². The van der Waals surface area contributed by atoms with E-state index in [1.165, 1.54) is 27.7 Å². The highest BCUT2D eigenvalue weighted by Crippen LogP contribution is 2.29. The summed E-state index contributed by atoms with van der Waals surface area (Å²) in [7, 11) is 0. The Morgan fingerprint density at radius 2 is 1.95 bits per heavy atom. The monoisotopic (exact) mass is 506 g/mol. The minimum absolute atomic E-state index is 0.00363. The lowest BCUT2D eigenvalue weighted by Gasteiger charge is -2.33. The van der Waals surface area contributed by atoms with Gasteiger partial charge in [0.1, 0.15) is 23.8 Å². The number of nitrogens with zero attached hydrogens (tertiary/aromatic N) is 3. The van der Waals surface area contributed by atoms with E-state index in [4.69, 9.17) is 9.47 Å². The van der Waals surface area contributed by atoms with Crippen LogP contribution in [0.2, 0.25) is 0 Å². The predicted molar refractivity (Wildman–Crippen MR) is 133 cm³/mol. The van der Waals surface area contributed by atoms with Crippen LogP contribution in [0.15, 0.2) is 53.3 Å². The molecular weight excluding hydrogens is 479 g/mol. The van der Waals surface area contributed by atoms with Gasteiger partial charge in [-0.1, -0.05) is 36.4 Å². The van der Waals surface area contributed by atoms with Crippen molar-refractivity contribution in [2.24, 2.45) is 0 Å². The van der Waals surface area contributed by atoms with E-state index >= 15 is 0 Å². The van der Waals surface area contributed by atoms with Crippen molar-refractivity contribution in [1.29, 1.82) is 0 Å². The predicted octanol–water partition coefficient (Wildman–Crippen LogP) is 2.89. The number of benzene rings is 2. The molecule has 0 unspecified atom stereocenters. The number of carbonyl (C=O) groups excluding carboxylic acids is 2. The molecule has 2 aliphatic rings. The van der Waals surface area contributed by atoms with E-state index in [2.05, 4.69) is 10.3 Å². The standard InChI is InChI=1S/C27H27FN4O5/c1-27(2)26-30-22(23(25(35)32(26)12-13-37-27)36-16-17-6-4-3-5-7-17)24(34)29-15-18-8-9-19(28)14-20(18)31-11-10-21(31)33/h3-9,14H,10-13,15-16H2,1-2H3,(H,29,34). The summed E-state index contributed by atoms with van der Waals surface area (Å²) in [6, 6.07) is 13.4. The highest BCUT2D eigenvalue weighted by molar-refractivity contribution is 6.00. The lowest BCUT2D eigenvalue weighted by Crippen LogP contribution is -2.44. The number of hydrogen-bond donors (Lipinski definition) is 1. The number of rotatable bonds is 7. The zero-order chi connectivity index (χ0) is 26.2.